The van der Waals surface area contributed by atoms with Gasteiger partial charge in [0.05, 0.1) is 22.6 Å². The Bertz CT molecular complexity index is 1560. The van der Waals surface area contributed by atoms with Crippen LogP contribution in [0.4, 0.5) is 10.7 Å². The van der Waals surface area contributed by atoms with Crippen LogP contribution in [-0.2, 0) is 33.9 Å². The molecular formula is C33H34N4O4S2. The van der Waals surface area contributed by atoms with Crippen LogP contribution in [0.2, 0.25) is 0 Å². The fourth-order valence-electron chi connectivity index (χ4n) is 5.58. The Morgan fingerprint density at radius 1 is 1.09 bits per heavy atom. The molecule has 0 spiro atoms. The lowest BCUT2D eigenvalue weighted by atomic mass is 9.82. The zero-order chi connectivity index (χ0) is 30.3. The van der Waals surface area contributed by atoms with Gasteiger partial charge in [-0.15, -0.1) is 23.1 Å². The maximum Gasteiger partial charge on any atom is 0.307 e. The first-order valence-corrected chi connectivity index (χ1v) is 16.1. The van der Waals surface area contributed by atoms with Crippen LogP contribution in [-0.4, -0.2) is 39.6 Å². The number of rotatable bonds is 10. The lowest BCUT2D eigenvalue weighted by Gasteiger charge is -2.26. The van der Waals surface area contributed by atoms with E-state index < -0.39 is 23.1 Å². The van der Waals surface area contributed by atoms with Crippen LogP contribution >= 0.6 is 23.1 Å². The van der Waals surface area contributed by atoms with E-state index in [2.05, 4.69) is 33.7 Å². The number of hydrogen-bond acceptors (Lipinski definition) is 7. The Labute approximate surface area is 259 Å². The van der Waals surface area contributed by atoms with Gasteiger partial charge in [-0.25, -0.2) is 0 Å². The van der Waals surface area contributed by atoms with Gasteiger partial charge in [0, 0.05) is 35.1 Å². The van der Waals surface area contributed by atoms with Crippen molar-refractivity contribution in [3.05, 3.63) is 88.3 Å². The quantitative estimate of drug-likeness (QED) is 0.181. The van der Waals surface area contributed by atoms with Crippen molar-refractivity contribution in [2.75, 3.05) is 17.2 Å². The van der Waals surface area contributed by atoms with E-state index >= 15 is 0 Å². The lowest BCUT2D eigenvalue weighted by Crippen LogP contribution is -2.34. The average molecular weight is 615 g/mol. The van der Waals surface area contributed by atoms with Crippen LogP contribution < -0.4 is 10.6 Å². The normalized spacial score (nSPS) is 18.7. The summed E-state index contributed by atoms with van der Waals surface area (Å²) in [4.78, 5) is 42.3. The van der Waals surface area contributed by atoms with Crippen molar-refractivity contribution < 1.29 is 19.5 Å². The summed E-state index contributed by atoms with van der Waals surface area (Å²) in [5.74, 6) is -2.84. The Kier molecular flexibility index (Phi) is 9.97. The summed E-state index contributed by atoms with van der Waals surface area (Å²) in [6.45, 7) is 4.38. The molecule has 3 N–H and O–H groups in total. The molecule has 3 unspecified atom stereocenters. The maximum atomic E-state index is 13.4. The molecule has 10 heteroatoms. The third kappa shape index (κ3) is 7.36. The predicted octanol–water partition coefficient (Wildman–Crippen LogP) is 6.29. The minimum atomic E-state index is -0.971. The molecule has 0 saturated heterocycles. The fraction of sp³-hybridized carbons (Fsp3) is 0.333. The minimum Gasteiger partial charge on any atom is -0.481 e. The molecule has 2 amide bonds. The van der Waals surface area contributed by atoms with Gasteiger partial charge >= 0.3 is 5.97 Å². The maximum absolute atomic E-state index is 13.4. The molecular weight excluding hydrogens is 581 g/mol. The first kappa shape index (κ1) is 30.5. The standard InChI is InChI=1S/C33H34N4O4S2/c1-2-28(42-23-12-8-11-22(17-23)35-30(38)25-13-6-7-14-26(25)33(40)41)31(39)36-32-27(18-34)24-15-16-37(20-29(24)43-32)19-21-9-4-3-5-10-21/h3-12,17,25-26,28H,2,13-16,19-20H2,1H3,(H,35,38)(H,36,39)(H,40,41). The molecule has 2 aromatic carbocycles. The van der Waals surface area contributed by atoms with Gasteiger partial charge in [-0.3, -0.25) is 19.3 Å². The van der Waals surface area contributed by atoms with Crippen LogP contribution in [0.1, 0.15) is 47.8 Å². The molecule has 1 aliphatic heterocycles. The van der Waals surface area contributed by atoms with E-state index in [0.717, 1.165) is 41.4 Å². The molecule has 2 heterocycles. The molecule has 0 saturated carbocycles. The highest BCUT2D eigenvalue weighted by molar-refractivity contribution is 8.00. The van der Waals surface area contributed by atoms with Crippen molar-refractivity contribution >= 4 is 51.6 Å². The predicted molar refractivity (Wildman–Crippen MR) is 170 cm³/mol. The van der Waals surface area contributed by atoms with Gasteiger partial charge < -0.3 is 15.7 Å². The summed E-state index contributed by atoms with van der Waals surface area (Å²) in [7, 11) is 0. The molecule has 8 nitrogen and oxygen atoms in total. The zero-order valence-corrected chi connectivity index (χ0v) is 25.5. The number of thioether (sulfide) groups is 1. The number of nitrogens with one attached hydrogen (secondary N) is 2. The molecule has 1 aliphatic carbocycles. The van der Waals surface area contributed by atoms with Gasteiger partial charge in [-0.05, 0) is 55.0 Å². The van der Waals surface area contributed by atoms with Crippen LogP contribution in [0.3, 0.4) is 0 Å². The number of thiophene rings is 1. The zero-order valence-electron chi connectivity index (χ0n) is 23.9. The third-order valence-corrected chi connectivity index (χ3v) is 10.4. The van der Waals surface area contributed by atoms with Crippen molar-refractivity contribution in [3.63, 3.8) is 0 Å². The number of anilines is 2. The van der Waals surface area contributed by atoms with Crippen molar-refractivity contribution in [1.82, 2.24) is 4.90 Å². The van der Waals surface area contributed by atoms with Gasteiger partial charge in [0.25, 0.3) is 0 Å². The number of fused-ring (bicyclic) bond motifs is 1. The summed E-state index contributed by atoms with van der Waals surface area (Å²) in [6.07, 6.45) is 5.72. The number of aliphatic carboxylic acids is 1. The number of carbonyl (C=O) groups excluding carboxylic acids is 2. The SMILES string of the molecule is CCC(Sc1cccc(NC(=O)C2CC=CCC2C(=O)O)c1)C(=O)Nc1sc2c(c1C#N)CCN(Cc1ccccc1)C2. The van der Waals surface area contributed by atoms with E-state index in [1.807, 2.05) is 37.3 Å². The molecule has 0 bridgehead atoms. The number of amides is 2. The van der Waals surface area contributed by atoms with Crippen molar-refractivity contribution in [1.29, 1.82) is 5.26 Å². The van der Waals surface area contributed by atoms with Crippen LogP contribution in [0.5, 0.6) is 0 Å². The summed E-state index contributed by atoms with van der Waals surface area (Å²) in [5, 5.41) is 25.6. The molecule has 43 heavy (non-hydrogen) atoms. The summed E-state index contributed by atoms with van der Waals surface area (Å²) < 4.78 is 0. The van der Waals surface area contributed by atoms with E-state index in [-0.39, 0.29) is 11.8 Å². The summed E-state index contributed by atoms with van der Waals surface area (Å²) in [6, 6.07) is 19.9. The number of benzene rings is 2. The minimum absolute atomic E-state index is 0.170. The number of carbonyl (C=O) groups is 3. The smallest absolute Gasteiger partial charge is 0.307 e. The van der Waals surface area contributed by atoms with Gasteiger partial charge in [-0.1, -0.05) is 55.5 Å². The third-order valence-electron chi connectivity index (χ3n) is 7.86. The molecule has 0 radical (unpaired) electrons. The molecule has 2 aliphatic rings. The lowest BCUT2D eigenvalue weighted by molar-refractivity contribution is -0.146. The molecule has 222 valence electrons. The number of carboxylic acids is 1. The Morgan fingerprint density at radius 2 is 1.86 bits per heavy atom. The van der Waals surface area contributed by atoms with Gasteiger partial charge in [-0.2, -0.15) is 5.26 Å². The molecule has 1 aromatic heterocycles. The highest BCUT2D eigenvalue weighted by Crippen LogP contribution is 2.38. The van der Waals surface area contributed by atoms with Crippen molar-refractivity contribution in [3.8, 4) is 6.07 Å². The average Bonchev–Trinajstić information content (AvgIpc) is 3.36. The van der Waals surface area contributed by atoms with Crippen LogP contribution in [0, 0.1) is 23.2 Å². The van der Waals surface area contributed by atoms with E-state index in [1.165, 1.54) is 28.7 Å². The van der Waals surface area contributed by atoms with E-state index in [4.69, 9.17) is 0 Å². The topological polar surface area (TPSA) is 123 Å². The first-order chi connectivity index (χ1) is 20.9. The largest absolute Gasteiger partial charge is 0.481 e. The van der Waals surface area contributed by atoms with Crippen molar-refractivity contribution in [2.45, 2.75) is 55.8 Å². The molecule has 0 fully saturated rings. The van der Waals surface area contributed by atoms with E-state index in [9.17, 15) is 24.8 Å². The highest BCUT2D eigenvalue weighted by Gasteiger charge is 2.34. The highest BCUT2D eigenvalue weighted by atomic mass is 32.2. The Morgan fingerprint density at radius 3 is 2.58 bits per heavy atom. The second-order valence-electron chi connectivity index (χ2n) is 10.8. The number of carboxylic acid groups (broad SMARTS) is 1. The summed E-state index contributed by atoms with van der Waals surface area (Å²) >= 11 is 2.88. The molecule has 3 aromatic rings. The monoisotopic (exact) mass is 614 g/mol. The number of nitrogens with zero attached hydrogens (tertiary/aromatic N) is 2. The van der Waals surface area contributed by atoms with Crippen LogP contribution in [0.15, 0.2) is 71.6 Å². The Balaban J connectivity index is 1.23. The first-order valence-electron chi connectivity index (χ1n) is 14.4. The van der Waals surface area contributed by atoms with Crippen molar-refractivity contribution in [2.24, 2.45) is 11.8 Å². The molecule has 3 atom stereocenters. The number of nitriles is 1. The van der Waals surface area contributed by atoms with Gasteiger partial charge in [0.15, 0.2) is 0 Å². The number of allylic oxidation sites excluding steroid dienone is 2. The second-order valence-corrected chi connectivity index (χ2v) is 13.2. The van der Waals surface area contributed by atoms with Crippen LogP contribution in [0.25, 0.3) is 0 Å². The van der Waals surface area contributed by atoms with E-state index in [0.29, 0.717) is 35.5 Å². The number of hydrogen-bond donors (Lipinski definition) is 3. The molecule has 5 rings (SSSR count). The van der Waals surface area contributed by atoms with E-state index in [1.54, 1.807) is 24.3 Å². The van der Waals surface area contributed by atoms with Gasteiger partial charge in [0.2, 0.25) is 11.8 Å². The summed E-state index contributed by atoms with van der Waals surface area (Å²) in [5.41, 5.74) is 3.41. The fourth-order valence-corrected chi connectivity index (χ4v) is 7.83. The van der Waals surface area contributed by atoms with Gasteiger partial charge in [0.1, 0.15) is 11.1 Å². The Hall–Kier alpha value is -3.91. The second kappa shape index (κ2) is 14.0.